The molecule has 0 rings (SSSR count). The van der Waals surface area contributed by atoms with Crippen LogP contribution in [0, 0.1) is 0 Å². The van der Waals surface area contributed by atoms with Crippen molar-refractivity contribution in [3.63, 3.8) is 0 Å². The van der Waals surface area contributed by atoms with Gasteiger partial charge < -0.3 is 15.1 Å². The van der Waals surface area contributed by atoms with Gasteiger partial charge in [0.15, 0.2) is 0 Å². The van der Waals surface area contributed by atoms with Gasteiger partial charge >= 0.3 is 5.97 Å². The molecule has 0 heterocycles. The Morgan fingerprint density at radius 2 is 2.00 bits per heavy atom. The average Bonchev–Trinajstić information content (AvgIpc) is 1.53. The van der Waals surface area contributed by atoms with Crippen LogP contribution in [-0.2, 0) is 4.79 Å². The molecule has 0 saturated carbocycles. The van der Waals surface area contributed by atoms with E-state index in [0.29, 0.717) is 6.54 Å². The summed E-state index contributed by atoms with van der Waals surface area (Å²) in [5.74, 6) is -0.975. The summed E-state index contributed by atoms with van der Waals surface area (Å²) >= 11 is 0. The SMILES string of the molecule is CN(C)C[C@@](C)(O)CC(=O)O. The molecule has 0 amide bonds. The van der Waals surface area contributed by atoms with E-state index in [0.717, 1.165) is 0 Å². The summed E-state index contributed by atoms with van der Waals surface area (Å²) in [6.07, 6.45) is -0.217. The van der Waals surface area contributed by atoms with E-state index < -0.39 is 11.6 Å². The first kappa shape index (κ1) is 10.4. The molecule has 0 aromatic carbocycles. The number of carboxylic acid groups (broad SMARTS) is 1. The van der Waals surface area contributed by atoms with Crippen molar-refractivity contribution in [2.45, 2.75) is 18.9 Å². The number of likely N-dealkylation sites (N-methyl/N-ethyl adjacent to an activating group) is 1. The summed E-state index contributed by atoms with van der Waals surface area (Å²) < 4.78 is 0. The van der Waals surface area contributed by atoms with Crippen molar-refractivity contribution < 1.29 is 15.0 Å². The van der Waals surface area contributed by atoms with Crippen LogP contribution in [0.25, 0.3) is 0 Å². The molecule has 66 valence electrons. The monoisotopic (exact) mass is 161 g/mol. The van der Waals surface area contributed by atoms with E-state index >= 15 is 0 Å². The molecule has 0 aliphatic rings. The van der Waals surface area contributed by atoms with Crippen LogP contribution in [0.4, 0.5) is 0 Å². The molecule has 0 radical (unpaired) electrons. The number of hydrogen-bond acceptors (Lipinski definition) is 3. The Labute approximate surface area is 66.4 Å². The lowest BCUT2D eigenvalue weighted by Gasteiger charge is -2.24. The van der Waals surface area contributed by atoms with Crippen LogP contribution in [0.2, 0.25) is 0 Å². The highest BCUT2D eigenvalue weighted by molar-refractivity contribution is 5.68. The van der Waals surface area contributed by atoms with Crippen molar-refractivity contribution in [2.75, 3.05) is 20.6 Å². The molecule has 0 aromatic rings. The van der Waals surface area contributed by atoms with E-state index in [2.05, 4.69) is 0 Å². The third-order valence-electron chi connectivity index (χ3n) is 1.19. The van der Waals surface area contributed by atoms with Crippen molar-refractivity contribution in [3.05, 3.63) is 0 Å². The van der Waals surface area contributed by atoms with Crippen molar-refractivity contribution in [1.82, 2.24) is 4.90 Å². The second-order valence-corrected chi connectivity index (χ2v) is 3.31. The highest BCUT2D eigenvalue weighted by Gasteiger charge is 2.24. The molecule has 0 fully saturated rings. The lowest BCUT2D eigenvalue weighted by molar-refractivity contribution is -0.142. The van der Waals surface area contributed by atoms with Crippen molar-refractivity contribution in [2.24, 2.45) is 0 Å². The Hall–Kier alpha value is -0.610. The van der Waals surface area contributed by atoms with Crippen LogP contribution in [-0.4, -0.2) is 47.3 Å². The minimum atomic E-state index is -1.13. The minimum Gasteiger partial charge on any atom is -0.481 e. The second kappa shape index (κ2) is 3.69. The molecule has 4 nitrogen and oxygen atoms in total. The summed E-state index contributed by atoms with van der Waals surface area (Å²) in [5.41, 5.74) is -1.13. The second-order valence-electron chi connectivity index (χ2n) is 3.31. The third-order valence-corrected chi connectivity index (χ3v) is 1.19. The first-order chi connectivity index (χ1) is 4.83. The van der Waals surface area contributed by atoms with Gasteiger partial charge in [-0.1, -0.05) is 0 Å². The molecule has 4 heteroatoms. The number of rotatable bonds is 4. The topological polar surface area (TPSA) is 60.8 Å². The lowest BCUT2D eigenvalue weighted by Crippen LogP contribution is -2.39. The van der Waals surface area contributed by atoms with Gasteiger partial charge in [0.25, 0.3) is 0 Å². The summed E-state index contributed by atoms with van der Waals surface area (Å²) in [4.78, 5) is 12.0. The fraction of sp³-hybridized carbons (Fsp3) is 0.857. The molecule has 0 aliphatic heterocycles. The molecule has 0 aliphatic carbocycles. The summed E-state index contributed by atoms with van der Waals surface area (Å²) in [5, 5.41) is 17.8. The Morgan fingerprint density at radius 3 is 2.27 bits per heavy atom. The van der Waals surface area contributed by atoms with Gasteiger partial charge in [0.2, 0.25) is 0 Å². The predicted molar refractivity (Wildman–Crippen MR) is 41.4 cm³/mol. The van der Waals surface area contributed by atoms with Gasteiger partial charge in [0.1, 0.15) is 0 Å². The first-order valence-electron chi connectivity index (χ1n) is 3.42. The van der Waals surface area contributed by atoms with Gasteiger partial charge in [0.05, 0.1) is 12.0 Å². The maximum absolute atomic E-state index is 10.2. The molecule has 1 atom stereocenters. The highest BCUT2D eigenvalue weighted by Crippen LogP contribution is 2.09. The molecule has 0 saturated heterocycles. The molecule has 0 bridgehead atoms. The number of carbonyl (C=O) groups is 1. The van der Waals surface area contributed by atoms with E-state index in [1.165, 1.54) is 6.92 Å². The number of nitrogens with zero attached hydrogens (tertiary/aromatic N) is 1. The fourth-order valence-corrected chi connectivity index (χ4v) is 1.06. The zero-order chi connectivity index (χ0) is 9.07. The predicted octanol–water partition coefficient (Wildman–Crippen LogP) is -0.226. The zero-order valence-electron chi connectivity index (χ0n) is 7.16. The summed E-state index contributed by atoms with van der Waals surface area (Å²) in [7, 11) is 3.58. The molecular formula is C7H15NO3. The number of hydrogen-bond donors (Lipinski definition) is 2. The third kappa shape index (κ3) is 5.82. The fourth-order valence-electron chi connectivity index (χ4n) is 1.06. The average molecular weight is 161 g/mol. The Bertz CT molecular complexity index is 143. The van der Waals surface area contributed by atoms with Crippen LogP contribution in [0.1, 0.15) is 13.3 Å². The minimum absolute atomic E-state index is 0.217. The van der Waals surface area contributed by atoms with Crippen LogP contribution in [0.5, 0.6) is 0 Å². The smallest absolute Gasteiger partial charge is 0.306 e. The molecule has 0 aromatic heterocycles. The normalized spacial score (nSPS) is 16.5. The Balaban J connectivity index is 3.89. The number of carboxylic acids is 1. The molecule has 0 spiro atoms. The van der Waals surface area contributed by atoms with E-state index in [-0.39, 0.29) is 6.42 Å². The Kier molecular flexibility index (Phi) is 3.48. The van der Waals surface area contributed by atoms with E-state index in [9.17, 15) is 9.90 Å². The van der Waals surface area contributed by atoms with Gasteiger partial charge in [-0.05, 0) is 21.0 Å². The van der Waals surface area contributed by atoms with Gasteiger partial charge in [-0.15, -0.1) is 0 Å². The maximum atomic E-state index is 10.2. The van der Waals surface area contributed by atoms with Crippen molar-refractivity contribution >= 4 is 5.97 Å². The maximum Gasteiger partial charge on any atom is 0.306 e. The number of aliphatic carboxylic acids is 1. The van der Waals surface area contributed by atoms with Gasteiger partial charge in [-0.2, -0.15) is 0 Å². The van der Waals surface area contributed by atoms with Crippen molar-refractivity contribution in [3.8, 4) is 0 Å². The largest absolute Gasteiger partial charge is 0.481 e. The molecular weight excluding hydrogens is 146 g/mol. The first-order valence-corrected chi connectivity index (χ1v) is 3.42. The van der Waals surface area contributed by atoms with Crippen molar-refractivity contribution in [1.29, 1.82) is 0 Å². The molecule has 11 heavy (non-hydrogen) atoms. The summed E-state index contributed by atoms with van der Waals surface area (Å²) in [6, 6.07) is 0. The highest BCUT2D eigenvalue weighted by atomic mass is 16.4. The van der Waals surface area contributed by atoms with E-state index in [1.807, 2.05) is 0 Å². The lowest BCUT2D eigenvalue weighted by atomic mass is 10.0. The number of aliphatic hydroxyl groups is 1. The zero-order valence-corrected chi connectivity index (χ0v) is 7.16. The van der Waals surface area contributed by atoms with Gasteiger partial charge in [-0.25, -0.2) is 0 Å². The van der Waals surface area contributed by atoms with Gasteiger partial charge in [-0.3, -0.25) is 4.79 Å². The summed E-state index contributed by atoms with van der Waals surface area (Å²) in [6.45, 7) is 1.88. The quantitative estimate of drug-likeness (QED) is 0.598. The molecule has 0 unspecified atom stereocenters. The van der Waals surface area contributed by atoms with E-state index in [4.69, 9.17) is 5.11 Å². The van der Waals surface area contributed by atoms with E-state index in [1.54, 1.807) is 19.0 Å². The van der Waals surface area contributed by atoms with Crippen LogP contribution < -0.4 is 0 Å². The van der Waals surface area contributed by atoms with Crippen LogP contribution >= 0.6 is 0 Å². The van der Waals surface area contributed by atoms with Crippen LogP contribution in [0.15, 0.2) is 0 Å². The Morgan fingerprint density at radius 1 is 1.55 bits per heavy atom. The van der Waals surface area contributed by atoms with Crippen LogP contribution in [0.3, 0.4) is 0 Å². The standard InChI is InChI=1S/C7H15NO3/c1-7(11,4-6(9)10)5-8(2)3/h11H,4-5H2,1-3H3,(H,9,10)/t7-/m0/s1. The molecule has 2 N–H and O–H groups in total. The van der Waals surface area contributed by atoms with Gasteiger partial charge in [0, 0.05) is 6.54 Å².